The van der Waals surface area contributed by atoms with Gasteiger partial charge in [-0.25, -0.2) is 0 Å². The van der Waals surface area contributed by atoms with Crippen LogP contribution in [0.1, 0.15) is 16.6 Å². The van der Waals surface area contributed by atoms with Crippen LogP contribution in [0.5, 0.6) is 0 Å². The molecule has 0 saturated heterocycles. The van der Waals surface area contributed by atoms with E-state index in [1.165, 1.54) is 11.0 Å². The molecule has 0 aromatic carbocycles. The summed E-state index contributed by atoms with van der Waals surface area (Å²) in [4.78, 5) is 12.0. The third kappa shape index (κ3) is 3.54. The second-order valence-corrected chi connectivity index (χ2v) is 3.90. The molecule has 0 unspecified atom stereocenters. The Balaban J connectivity index is 2.78. The van der Waals surface area contributed by atoms with E-state index in [0.29, 0.717) is 16.9 Å². The van der Waals surface area contributed by atoms with Crippen LogP contribution in [0.25, 0.3) is 0 Å². The summed E-state index contributed by atoms with van der Waals surface area (Å²) in [6.07, 6.45) is -3.59. The molecule has 0 aliphatic carbocycles. The van der Waals surface area contributed by atoms with Crippen LogP contribution in [0.3, 0.4) is 0 Å². The van der Waals surface area contributed by atoms with Crippen LogP contribution in [0, 0.1) is 0 Å². The topological polar surface area (TPSA) is 20.3 Å². The van der Waals surface area contributed by atoms with E-state index in [9.17, 15) is 18.0 Å². The Morgan fingerprint density at radius 2 is 2.20 bits per heavy atom. The van der Waals surface area contributed by atoms with Gasteiger partial charge in [0.05, 0.1) is 4.88 Å². The maximum atomic E-state index is 12.2. The molecule has 0 amide bonds. The van der Waals surface area contributed by atoms with Gasteiger partial charge in [0.15, 0.2) is 6.29 Å². The average Bonchev–Trinajstić information content (AvgIpc) is 2.60. The predicted octanol–water partition coefficient (Wildman–Crippen LogP) is 2.95. The Bertz CT molecular complexity index is 334. The Morgan fingerprint density at radius 1 is 1.53 bits per heavy atom. The van der Waals surface area contributed by atoms with Gasteiger partial charge in [-0.05, 0) is 13.0 Å². The van der Waals surface area contributed by atoms with E-state index >= 15 is 0 Å². The third-order valence-corrected chi connectivity index (χ3v) is 2.68. The highest BCUT2D eigenvalue weighted by atomic mass is 32.1. The lowest BCUT2D eigenvalue weighted by Gasteiger charge is -2.22. The lowest BCUT2D eigenvalue weighted by atomic mass is 10.3. The van der Waals surface area contributed by atoms with Crippen LogP contribution in [-0.4, -0.2) is 25.6 Å². The summed E-state index contributed by atoms with van der Waals surface area (Å²) in [5, 5.41) is 1.55. The smallest absolute Gasteiger partial charge is 0.362 e. The third-order valence-electron chi connectivity index (χ3n) is 1.84. The van der Waals surface area contributed by atoms with E-state index in [0.717, 1.165) is 11.3 Å². The van der Waals surface area contributed by atoms with Gasteiger partial charge < -0.3 is 4.90 Å². The minimum Gasteiger partial charge on any atom is -0.362 e. The summed E-state index contributed by atoms with van der Waals surface area (Å²) in [7, 11) is 0. The molecule has 0 aliphatic rings. The van der Waals surface area contributed by atoms with Crippen LogP contribution in [0.4, 0.5) is 18.9 Å². The number of hydrogen-bond donors (Lipinski definition) is 0. The van der Waals surface area contributed by atoms with Crippen LogP contribution >= 0.6 is 11.3 Å². The van der Waals surface area contributed by atoms with E-state index in [-0.39, 0.29) is 6.54 Å². The molecule has 15 heavy (non-hydrogen) atoms. The van der Waals surface area contributed by atoms with Gasteiger partial charge in [-0.3, -0.25) is 4.79 Å². The normalized spacial score (nSPS) is 11.5. The molecule has 0 fully saturated rings. The number of aldehydes is 1. The Hall–Kier alpha value is -1.04. The zero-order valence-electron chi connectivity index (χ0n) is 8.04. The summed E-state index contributed by atoms with van der Waals surface area (Å²) in [5.41, 5.74) is 0.446. The SMILES string of the molecule is CCN(CC(F)(F)F)c1csc(C=O)c1. The molecular weight excluding hydrogens is 227 g/mol. The molecule has 0 bridgehead atoms. The van der Waals surface area contributed by atoms with E-state index < -0.39 is 12.7 Å². The van der Waals surface area contributed by atoms with E-state index in [1.54, 1.807) is 12.3 Å². The number of carbonyl (C=O) groups excluding carboxylic acids is 1. The first-order valence-electron chi connectivity index (χ1n) is 4.31. The number of halogens is 3. The zero-order valence-corrected chi connectivity index (χ0v) is 8.86. The van der Waals surface area contributed by atoms with Crippen LogP contribution < -0.4 is 4.90 Å². The van der Waals surface area contributed by atoms with Crippen molar-refractivity contribution < 1.29 is 18.0 Å². The number of hydrogen-bond acceptors (Lipinski definition) is 3. The first kappa shape index (κ1) is 12.0. The fourth-order valence-corrected chi connectivity index (χ4v) is 1.89. The summed E-state index contributed by atoms with van der Waals surface area (Å²) in [5.74, 6) is 0. The molecule has 84 valence electrons. The van der Waals surface area contributed by atoms with E-state index in [2.05, 4.69) is 0 Å². The fraction of sp³-hybridized carbons (Fsp3) is 0.444. The average molecular weight is 237 g/mol. The van der Waals surface area contributed by atoms with Crippen molar-refractivity contribution >= 4 is 23.3 Å². The van der Waals surface area contributed by atoms with Crippen molar-refractivity contribution in [3.63, 3.8) is 0 Å². The van der Waals surface area contributed by atoms with Gasteiger partial charge in [0.1, 0.15) is 6.54 Å². The maximum Gasteiger partial charge on any atom is 0.405 e. The number of alkyl halides is 3. The number of carbonyl (C=O) groups is 1. The van der Waals surface area contributed by atoms with Crippen molar-refractivity contribution in [2.24, 2.45) is 0 Å². The molecule has 1 aromatic heterocycles. The first-order valence-corrected chi connectivity index (χ1v) is 5.19. The second kappa shape index (κ2) is 4.65. The lowest BCUT2D eigenvalue weighted by molar-refractivity contribution is -0.119. The van der Waals surface area contributed by atoms with Crippen molar-refractivity contribution in [3.05, 3.63) is 16.3 Å². The highest BCUT2D eigenvalue weighted by molar-refractivity contribution is 7.12. The van der Waals surface area contributed by atoms with Gasteiger partial charge in [0, 0.05) is 17.6 Å². The number of thiophene rings is 1. The molecule has 6 heteroatoms. The largest absolute Gasteiger partial charge is 0.405 e. The van der Waals surface area contributed by atoms with Crippen molar-refractivity contribution in [2.75, 3.05) is 18.0 Å². The molecule has 0 radical (unpaired) electrons. The molecule has 1 aromatic rings. The molecule has 0 saturated carbocycles. The highest BCUT2D eigenvalue weighted by Gasteiger charge is 2.30. The lowest BCUT2D eigenvalue weighted by Crippen LogP contribution is -2.33. The summed E-state index contributed by atoms with van der Waals surface area (Å²) in [6.45, 7) is 0.914. The van der Waals surface area contributed by atoms with Gasteiger partial charge in [-0.2, -0.15) is 13.2 Å². The second-order valence-electron chi connectivity index (χ2n) is 2.95. The molecule has 0 spiro atoms. The van der Waals surface area contributed by atoms with Crippen molar-refractivity contribution in [1.29, 1.82) is 0 Å². The van der Waals surface area contributed by atoms with Gasteiger partial charge in [0.2, 0.25) is 0 Å². The van der Waals surface area contributed by atoms with E-state index in [1.807, 2.05) is 0 Å². The van der Waals surface area contributed by atoms with Crippen LogP contribution in [-0.2, 0) is 0 Å². The van der Waals surface area contributed by atoms with Gasteiger partial charge in [0.25, 0.3) is 0 Å². The number of nitrogens with zero attached hydrogens (tertiary/aromatic N) is 1. The molecule has 0 N–H and O–H groups in total. The molecular formula is C9H10F3NOS. The van der Waals surface area contributed by atoms with Gasteiger partial charge in [-0.1, -0.05) is 0 Å². The minimum absolute atomic E-state index is 0.258. The summed E-state index contributed by atoms with van der Waals surface area (Å²) >= 11 is 1.14. The monoisotopic (exact) mass is 237 g/mol. The van der Waals surface area contributed by atoms with Gasteiger partial charge >= 0.3 is 6.18 Å². The van der Waals surface area contributed by atoms with Crippen molar-refractivity contribution in [1.82, 2.24) is 0 Å². The maximum absolute atomic E-state index is 12.2. The number of rotatable bonds is 4. The van der Waals surface area contributed by atoms with Crippen molar-refractivity contribution in [2.45, 2.75) is 13.1 Å². The number of anilines is 1. The van der Waals surface area contributed by atoms with Crippen molar-refractivity contribution in [3.8, 4) is 0 Å². The fourth-order valence-electron chi connectivity index (χ4n) is 1.17. The first-order chi connectivity index (χ1) is 6.96. The Morgan fingerprint density at radius 3 is 2.60 bits per heavy atom. The molecule has 0 atom stereocenters. The standard InChI is InChI=1S/C9H10F3NOS/c1-2-13(6-9(10,11)12)7-3-8(4-14)15-5-7/h3-5H,2,6H2,1H3. The highest BCUT2D eigenvalue weighted by Crippen LogP contribution is 2.25. The molecule has 0 aliphatic heterocycles. The summed E-state index contributed by atoms with van der Waals surface area (Å²) in [6, 6.07) is 1.47. The Labute approximate surface area is 89.3 Å². The predicted molar refractivity (Wildman–Crippen MR) is 53.6 cm³/mol. The summed E-state index contributed by atoms with van der Waals surface area (Å²) < 4.78 is 36.5. The molecule has 1 rings (SSSR count). The molecule has 2 nitrogen and oxygen atoms in total. The van der Waals surface area contributed by atoms with Crippen LogP contribution in [0.2, 0.25) is 0 Å². The zero-order chi connectivity index (χ0) is 11.5. The van der Waals surface area contributed by atoms with Gasteiger partial charge in [-0.15, -0.1) is 11.3 Å². The van der Waals surface area contributed by atoms with Crippen LogP contribution in [0.15, 0.2) is 11.4 Å². The molecule has 1 heterocycles. The Kier molecular flexibility index (Phi) is 3.73. The minimum atomic E-state index is -4.22. The van der Waals surface area contributed by atoms with E-state index in [4.69, 9.17) is 0 Å². The quantitative estimate of drug-likeness (QED) is 0.750.